The molecule has 100 valence electrons. The first-order valence-corrected chi connectivity index (χ1v) is 7.47. The molecule has 7 heteroatoms. The zero-order chi connectivity index (χ0) is 14.0. The number of pyridine rings is 1. The van der Waals surface area contributed by atoms with Crippen molar-refractivity contribution in [1.29, 1.82) is 0 Å². The molecule has 1 aromatic heterocycles. The molecule has 18 heavy (non-hydrogen) atoms. The summed E-state index contributed by atoms with van der Waals surface area (Å²) in [6.07, 6.45) is 1.91. The molecule has 0 fully saturated rings. The van der Waals surface area contributed by atoms with Crippen molar-refractivity contribution in [2.45, 2.75) is 31.3 Å². The number of carbonyl (C=O) groups is 1. The van der Waals surface area contributed by atoms with Crippen LogP contribution in [0.2, 0.25) is 5.15 Å². The molecule has 0 radical (unpaired) electrons. The third-order valence-corrected chi connectivity index (χ3v) is 3.83. The van der Waals surface area contributed by atoms with Crippen molar-refractivity contribution in [3.05, 3.63) is 23.5 Å². The van der Waals surface area contributed by atoms with Gasteiger partial charge in [-0.2, -0.15) is 0 Å². The second-order valence-corrected chi connectivity index (χ2v) is 7.25. The first-order chi connectivity index (χ1) is 8.12. The molecule has 0 bridgehead atoms. The van der Waals surface area contributed by atoms with Crippen molar-refractivity contribution < 1.29 is 13.7 Å². The number of nitrogens with zero attached hydrogens (tertiary/aromatic N) is 2. The largest absolute Gasteiger partial charge is 0.442 e. The summed E-state index contributed by atoms with van der Waals surface area (Å²) in [4.78, 5) is 15.5. The van der Waals surface area contributed by atoms with Gasteiger partial charge < -0.3 is 4.74 Å². The average molecular weight is 291 g/mol. The fraction of sp³-hybridized carbons (Fsp3) is 0.455. The van der Waals surface area contributed by atoms with Crippen molar-refractivity contribution in [1.82, 2.24) is 4.98 Å². The molecule has 0 spiro atoms. The maximum atomic E-state index is 12.3. The summed E-state index contributed by atoms with van der Waals surface area (Å²) in [6.45, 7) is 5.11. The molecule has 5 nitrogen and oxygen atoms in total. The Morgan fingerprint density at radius 3 is 2.61 bits per heavy atom. The van der Waals surface area contributed by atoms with E-state index < -0.39 is 21.4 Å². The minimum Gasteiger partial charge on any atom is -0.442 e. The quantitative estimate of drug-likeness (QED) is 0.745. The monoisotopic (exact) mass is 290 g/mol. The maximum absolute atomic E-state index is 12.3. The number of aromatic nitrogens is 1. The van der Waals surface area contributed by atoms with Crippen LogP contribution in [0.1, 0.15) is 20.8 Å². The highest BCUT2D eigenvalue weighted by Gasteiger charge is 2.19. The van der Waals surface area contributed by atoms with Crippen molar-refractivity contribution >= 4 is 27.4 Å². The lowest BCUT2D eigenvalue weighted by atomic mass is 10.2. The van der Waals surface area contributed by atoms with Crippen LogP contribution >= 0.6 is 11.6 Å². The number of rotatable bonds is 1. The molecule has 1 aromatic rings. The van der Waals surface area contributed by atoms with Gasteiger partial charge in [0, 0.05) is 12.5 Å². The highest BCUT2D eigenvalue weighted by atomic mass is 35.5. The molecule has 1 heterocycles. The van der Waals surface area contributed by atoms with Gasteiger partial charge >= 0.3 is 6.09 Å². The van der Waals surface area contributed by atoms with E-state index >= 15 is 0 Å². The first-order valence-electron chi connectivity index (χ1n) is 5.17. The standard InChI is InChI=1S/C11H15ClN2O3S/c1-11(2,3)17-10(15)14-18(4,16)8-6-5-7-13-9(8)12/h5-7H,1-4H3. The Morgan fingerprint density at radius 2 is 2.11 bits per heavy atom. The van der Waals surface area contributed by atoms with Crippen molar-refractivity contribution in [2.75, 3.05) is 6.26 Å². The second kappa shape index (κ2) is 5.24. The number of carbonyl (C=O) groups excluding carboxylic acids is 1. The molecule has 0 N–H and O–H groups in total. The number of hydrogen-bond acceptors (Lipinski definition) is 4. The topological polar surface area (TPSA) is 68.6 Å². The van der Waals surface area contributed by atoms with Gasteiger partial charge in [0.2, 0.25) is 0 Å². The second-order valence-electron chi connectivity index (χ2n) is 4.67. The Labute approximate surface area is 112 Å². The van der Waals surface area contributed by atoms with Crippen molar-refractivity contribution in [2.24, 2.45) is 4.36 Å². The molecule has 0 aliphatic carbocycles. The van der Waals surface area contributed by atoms with Crippen LogP contribution in [-0.4, -0.2) is 27.1 Å². The number of amides is 1. The van der Waals surface area contributed by atoms with E-state index in [4.69, 9.17) is 16.3 Å². The van der Waals surface area contributed by atoms with Gasteiger partial charge in [-0.3, -0.25) is 0 Å². The van der Waals surface area contributed by atoms with Crippen LogP contribution in [0.25, 0.3) is 0 Å². The molecule has 1 unspecified atom stereocenters. The van der Waals surface area contributed by atoms with Gasteiger partial charge in [0.1, 0.15) is 10.8 Å². The van der Waals surface area contributed by atoms with Crippen molar-refractivity contribution in [3.63, 3.8) is 0 Å². The van der Waals surface area contributed by atoms with E-state index in [1.165, 1.54) is 18.5 Å². The normalized spacial score (nSPS) is 14.7. The predicted octanol–water partition coefficient (Wildman–Crippen LogP) is 3.13. The molecule has 0 aromatic carbocycles. The van der Waals surface area contributed by atoms with Crippen LogP contribution < -0.4 is 0 Å². The first kappa shape index (κ1) is 14.9. The summed E-state index contributed by atoms with van der Waals surface area (Å²) in [5.41, 5.74) is -0.686. The fourth-order valence-electron chi connectivity index (χ4n) is 1.13. The summed E-state index contributed by atoms with van der Waals surface area (Å²) < 4.78 is 20.9. The highest BCUT2D eigenvalue weighted by molar-refractivity contribution is 7.93. The fourth-order valence-corrected chi connectivity index (χ4v) is 2.79. The maximum Gasteiger partial charge on any atom is 0.442 e. The van der Waals surface area contributed by atoms with Gasteiger partial charge in [-0.05, 0) is 32.9 Å². The number of ether oxygens (including phenoxy) is 1. The molecule has 1 rings (SSSR count). The van der Waals surface area contributed by atoms with Gasteiger partial charge in [-0.1, -0.05) is 11.6 Å². The van der Waals surface area contributed by atoms with E-state index in [2.05, 4.69) is 9.35 Å². The van der Waals surface area contributed by atoms with E-state index in [1.807, 2.05) is 0 Å². The SMILES string of the molecule is CC(C)(C)OC(=O)N=S(C)(=O)c1cccnc1Cl. The smallest absolute Gasteiger partial charge is 0.442 e. The third-order valence-electron chi connectivity index (χ3n) is 1.78. The van der Waals surface area contributed by atoms with E-state index in [9.17, 15) is 9.00 Å². The van der Waals surface area contributed by atoms with Gasteiger partial charge in [0.15, 0.2) is 0 Å². The van der Waals surface area contributed by atoms with Crippen LogP contribution in [0.4, 0.5) is 4.79 Å². The Hall–Kier alpha value is -1.14. The van der Waals surface area contributed by atoms with Crippen molar-refractivity contribution in [3.8, 4) is 0 Å². The predicted molar refractivity (Wildman–Crippen MR) is 70.2 cm³/mol. The lowest BCUT2D eigenvalue weighted by Gasteiger charge is -2.17. The molecular weight excluding hydrogens is 276 g/mol. The minimum atomic E-state index is -2.96. The minimum absolute atomic E-state index is 0.0670. The summed E-state index contributed by atoms with van der Waals surface area (Å²) in [5.74, 6) is 0. The Balaban J connectivity index is 3.12. The lowest BCUT2D eigenvalue weighted by molar-refractivity contribution is 0.0607. The van der Waals surface area contributed by atoms with Gasteiger partial charge in [0.05, 0.1) is 14.6 Å². The van der Waals surface area contributed by atoms with Crippen LogP contribution in [0.3, 0.4) is 0 Å². The molecule has 1 atom stereocenters. The Morgan fingerprint density at radius 1 is 1.50 bits per heavy atom. The lowest BCUT2D eigenvalue weighted by Crippen LogP contribution is -2.22. The summed E-state index contributed by atoms with van der Waals surface area (Å²) >= 11 is 5.82. The molecule has 0 aliphatic heterocycles. The average Bonchev–Trinajstić information content (AvgIpc) is 2.13. The van der Waals surface area contributed by atoms with E-state index in [0.717, 1.165) is 0 Å². The van der Waals surface area contributed by atoms with Gasteiger partial charge in [0.25, 0.3) is 0 Å². The Kier molecular flexibility index (Phi) is 4.34. The van der Waals surface area contributed by atoms with Gasteiger partial charge in [-0.15, -0.1) is 4.36 Å². The molecule has 0 aliphatic rings. The van der Waals surface area contributed by atoms with E-state index in [-0.39, 0.29) is 10.0 Å². The van der Waals surface area contributed by atoms with E-state index in [1.54, 1.807) is 26.8 Å². The Bertz CT molecular complexity index is 572. The molecule has 0 saturated carbocycles. The van der Waals surface area contributed by atoms with Crippen LogP contribution in [-0.2, 0) is 14.5 Å². The summed E-state index contributed by atoms with van der Waals surface area (Å²) in [7, 11) is -2.96. The van der Waals surface area contributed by atoms with Gasteiger partial charge in [-0.25, -0.2) is 14.0 Å². The zero-order valence-corrected chi connectivity index (χ0v) is 12.2. The van der Waals surface area contributed by atoms with Crippen LogP contribution in [0, 0.1) is 0 Å². The molecular formula is C11H15ClN2O3S. The highest BCUT2D eigenvalue weighted by Crippen LogP contribution is 2.20. The van der Waals surface area contributed by atoms with Crippen LogP contribution in [0.15, 0.2) is 27.6 Å². The molecule has 1 amide bonds. The third kappa shape index (κ3) is 4.27. The van der Waals surface area contributed by atoms with E-state index in [0.29, 0.717) is 0 Å². The summed E-state index contributed by atoms with van der Waals surface area (Å²) in [6, 6.07) is 3.10. The summed E-state index contributed by atoms with van der Waals surface area (Å²) in [5, 5.41) is 0.0670. The number of hydrogen-bond donors (Lipinski definition) is 0. The number of halogens is 1. The van der Waals surface area contributed by atoms with Crippen LogP contribution in [0.5, 0.6) is 0 Å². The molecule has 0 saturated heterocycles. The zero-order valence-electron chi connectivity index (χ0n) is 10.6.